The van der Waals surface area contributed by atoms with E-state index in [1.54, 1.807) is 6.92 Å². The molecule has 0 aromatic rings. The molecule has 86 heavy (non-hydrogen) atoms. The van der Waals surface area contributed by atoms with Gasteiger partial charge in [-0.15, -0.1) is 0 Å². The van der Waals surface area contributed by atoms with E-state index in [0.29, 0.717) is 44.9 Å². The molecule has 494 valence electrons. The molecule has 5 aliphatic carbocycles. The Morgan fingerprint density at radius 1 is 0.558 bits per heavy atom. The van der Waals surface area contributed by atoms with Gasteiger partial charge in [0.25, 0.3) is 0 Å². The number of aliphatic hydroxyl groups excluding tert-OH is 15. The fourth-order valence-corrected chi connectivity index (χ4v) is 17.8. The van der Waals surface area contributed by atoms with Gasteiger partial charge >= 0.3 is 5.97 Å². The van der Waals surface area contributed by atoms with Crippen molar-refractivity contribution in [1.82, 2.24) is 0 Å². The topological polar surface area (TPSA) is 433 Å². The summed E-state index contributed by atoms with van der Waals surface area (Å²) in [6.45, 7) is 14.1. The second-order valence-electron chi connectivity index (χ2n) is 28.3. The number of rotatable bonds is 13. The zero-order valence-corrected chi connectivity index (χ0v) is 50.2. The number of fused-ring (bicyclic) bond motifs is 7. The van der Waals surface area contributed by atoms with Crippen molar-refractivity contribution in [3.8, 4) is 0 Å². The lowest BCUT2D eigenvalue weighted by Gasteiger charge is -2.72. The van der Waals surface area contributed by atoms with Crippen LogP contribution in [0.25, 0.3) is 0 Å². The van der Waals surface area contributed by atoms with Crippen molar-refractivity contribution in [2.75, 3.05) is 26.4 Å². The molecule has 0 bridgehead atoms. The molecule has 27 heteroatoms. The van der Waals surface area contributed by atoms with Crippen LogP contribution in [-0.2, 0) is 52.2 Å². The molecule has 9 fully saturated rings. The van der Waals surface area contributed by atoms with E-state index in [1.807, 2.05) is 6.92 Å². The summed E-state index contributed by atoms with van der Waals surface area (Å²) >= 11 is 0. The van der Waals surface area contributed by atoms with Gasteiger partial charge in [-0.05, 0) is 111 Å². The first-order valence-electron chi connectivity index (χ1n) is 30.8. The monoisotopic (exact) mass is 1240 g/mol. The molecule has 16 N–H and O–H groups in total. The van der Waals surface area contributed by atoms with E-state index >= 15 is 4.79 Å². The molecular weight excluding hydrogens is 1140 g/mol. The third kappa shape index (κ3) is 10.9. The lowest BCUT2D eigenvalue weighted by Crippen LogP contribution is -2.68. The van der Waals surface area contributed by atoms with Gasteiger partial charge in [-0.2, -0.15) is 0 Å². The highest BCUT2D eigenvalue weighted by Gasteiger charge is 2.72. The zero-order chi connectivity index (χ0) is 62.9. The summed E-state index contributed by atoms with van der Waals surface area (Å²) in [4.78, 5) is 15.2. The summed E-state index contributed by atoms with van der Waals surface area (Å²) in [5.41, 5.74) is -3.48. The predicted octanol–water partition coefficient (Wildman–Crippen LogP) is -3.57. The summed E-state index contributed by atoms with van der Waals surface area (Å²) in [6.07, 6.45) is -31.8. The number of hydrogen-bond acceptors (Lipinski definition) is 27. The van der Waals surface area contributed by atoms with Gasteiger partial charge in [-0.1, -0.05) is 53.2 Å². The first kappa shape index (κ1) is 67.1. The van der Waals surface area contributed by atoms with Crippen LogP contribution < -0.4 is 0 Å². The Hall–Kier alpha value is -1.79. The van der Waals surface area contributed by atoms with E-state index < -0.39 is 207 Å². The van der Waals surface area contributed by atoms with Crippen LogP contribution >= 0.6 is 0 Å². The van der Waals surface area contributed by atoms with Gasteiger partial charge < -0.3 is 129 Å². The third-order valence-corrected chi connectivity index (χ3v) is 23.5. The molecular formula is C59H96O27. The lowest BCUT2D eigenvalue weighted by atomic mass is 9.33. The van der Waals surface area contributed by atoms with Gasteiger partial charge in [0.05, 0.1) is 49.7 Å². The molecule has 27 nitrogen and oxygen atoms in total. The number of esters is 1. The van der Waals surface area contributed by atoms with Crippen molar-refractivity contribution in [3.63, 3.8) is 0 Å². The average molecular weight is 1240 g/mol. The number of hydrogen-bond donors (Lipinski definition) is 16. The molecule has 5 saturated heterocycles. The number of aliphatic hydroxyl groups is 16. The summed E-state index contributed by atoms with van der Waals surface area (Å²) in [7, 11) is 0. The molecule has 0 aromatic heterocycles. The smallest absolute Gasteiger partial charge is 0.315 e. The highest BCUT2D eigenvalue weighted by Crippen LogP contribution is 2.76. The van der Waals surface area contributed by atoms with E-state index in [0.717, 1.165) is 18.4 Å². The van der Waals surface area contributed by atoms with Crippen molar-refractivity contribution < 1.29 is 134 Å². The minimum Gasteiger partial charge on any atom is -0.432 e. The molecule has 0 spiro atoms. The normalized spacial score (nSPS) is 55.6. The van der Waals surface area contributed by atoms with Crippen molar-refractivity contribution in [1.29, 1.82) is 0 Å². The maximum Gasteiger partial charge on any atom is 0.315 e. The van der Waals surface area contributed by atoms with Crippen LogP contribution in [0.4, 0.5) is 0 Å². The fraction of sp³-hybridized carbons (Fsp3) is 0.949. The van der Waals surface area contributed by atoms with Crippen LogP contribution in [0.3, 0.4) is 0 Å². The Balaban J connectivity index is 0.838. The molecule has 5 heterocycles. The standard InChI is InChI=1S/C59H96O27/c1-23-11-16-59(53(75)86-51-43(73)39(69)36(66)29(82-51)22-78-48-41(71)37(67)34(64)27(19-60)80-48)18-17-56(6)25(47(59)58(23,8)76)9-10-31-55(5)14-13-32(54(3,4)30(55)12-15-57(31,56)7)83-52-46(33(63)26(62)21-77-52)85-49-44(74)40(70)45(24(2)79-49)84-50-42(72)38(68)35(65)28(20-61)81-50/h9,23-24,26-52,60-74,76H,10-22H2,1-8H3. The number of carbonyl (C=O) groups excluding carboxylic acids is 1. The van der Waals surface area contributed by atoms with Crippen LogP contribution in [-0.4, -0.2) is 273 Å². The number of ether oxygens (including phenoxy) is 10. The van der Waals surface area contributed by atoms with E-state index in [9.17, 15) is 81.7 Å². The van der Waals surface area contributed by atoms with Crippen LogP contribution in [0.15, 0.2) is 11.6 Å². The van der Waals surface area contributed by atoms with Crippen molar-refractivity contribution >= 4 is 5.97 Å². The van der Waals surface area contributed by atoms with E-state index in [2.05, 4.69) is 40.7 Å². The molecule has 34 unspecified atom stereocenters. The first-order chi connectivity index (χ1) is 40.2. The Morgan fingerprint density at radius 3 is 1.76 bits per heavy atom. The molecule has 10 rings (SSSR count). The van der Waals surface area contributed by atoms with Crippen LogP contribution in [0, 0.1) is 50.7 Å². The molecule has 0 radical (unpaired) electrons. The van der Waals surface area contributed by atoms with E-state index in [1.165, 1.54) is 6.92 Å². The average Bonchev–Trinajstić information content (AvgIpc) is 0.694. The Morgan fingerprint density at radius 2 is 1.12 bits per heavy atom. The summed E-state index contributed by atoms with van der Waals surface area (Å²) in [6, 6.07) is 0. The summed E-state index contributed by atoms with van der Waals surface area (Å²) < 4.78 is 59.5. The minimum absolute atomic E-state index is 0.0710. The SMILES string of the molecule is CC1OC(OC2C(OC3CCC4(C)C(CCC5(C)C4CC=C4C6C(C(=O)OC7OC(COC8OC(CO)C(O)C(O)C8O)C(O)C(O)C7O)(CCC(C)C6(C)O)CCC45C)C3(C)C)OCC(O)C2O)C(O)C(O)C1OC1OC(CO)C(O)C(O)C1O. The fourth-order valence-electron chi connectivity index (χ4n) is 17.8. The van der Waals surface area contributed by atoms with Gasteiger partial charge in [0.2, 0.25) is 6.29 Å². The van der Waals surface area contributed by atoms with Crippen molar-refractivity contribution in [2.45, 2.75) is 272 Å². The highest BCUT2D eigenvalue weighted by atomic mass is 16.8. The van der Waals surface area contributed by atoms with Crippen LogP contribution in [0.1, 0.15) is 113 Å². The zero-order valence-electron chi connectivity index (χ0n) is 50.2. The second kappa shape index (κ2) is 24.6. The molecule has 5 aliphatic heterocycles. The number of allylic oxidation sites excluding steroid dienone is 1. The Labute approximate surface area is 499 Å². The minimum atomic E-state index is -1.92. The van der Waals surface area contributed by atoms with Crippen LogP contribution in [0.2, 0.25) is 0 Å². The number of carbonyl (C=O) groups is 1. The second-order valence-corrected chi connectivity index (χ2v) is 28.3. The third-order valence-electron chi connectivity index (χ3n) is 23.5. The highest BCUT2D eigenvalue weighted by molar-refractivity contribution is 5.79. The van der Waals surface area contributed by atoms with Crippen molar-refractivity contribution in [3.05, 3.63) is 11.6 Å². The van der Waals surface area contributed by atoms with Gasteiger partial charge in [-0.3, -0.25) is 4.79 Å². The van der Waals surface area contributed by atoms with E-state index in [-0.39, 0.29) is 35.2 Å². The molecule has 4 saturated carbocycles. The summed E-state index contributed by atoms with van der Waals surface area (Å²) in [5.74, 6) is -1.56. The summed E-state index contributed by atoms with van der Waals surface area (Å²) in [5, 5.41) is 173. The van der Waals surface area contributed by atoms with Gasteiger partial charge in [-0.25, -0.2) is 0 Å². The molecule has 0 aromatic carbocycles. The lowest BCUT2D eigenvalue weighted by molar-refractivity contribution is -0.381. The van der Waals surface area contributed by atoms with Crippen LogP contribution in [0.5, 0.6) is 0 Å². The van der Waals surface area contributed by atoms with Crippen molar-refractivity contribution in [2.24, 2.45) is 50.7 Å². The van der Waals surface area contributed by atoms with Gasteiger partial charge in [0.15, 0.2) is 25.2 Å². The Bertz CT molecular complexity index is 2400. The quantitative estimate of drug-likeness (QED) is 0.0482. The Kier molecular flexibility index (Phi) is 19.2. The maximum absolute atomic E-state index is 15.2. The van der Waals surface area contributed by atoms with E-state index in [4.69, 9.17) is 47.4 Å². The largest absolute Gasteiger partial charge is 0.432 e. The van der Waals surface area contributed by atoms with Gasteiger partial charge in [0, 0.05) is 5.92 Å². The predicted molar refractivity (Wildman–Crippen MR) is 289 cm³/mol. The van der Waals surface area contributed by atoms with Gasteiger partial charge in [0.1, 0.15) is 110 Å². The molecule has 34 atom stereocenters. The maximum atomic E-state index is 15.2. The molecule has 10 aliphatic rings. The molecule has 0 amide bonds. The first-order valence-corrected chi connectivity index (χ1v) is 30.8.